The lowest BCUT2D eigenvalue weighted by Gasteiger charge is -2.35. The zero-order chi connectivity index (χ0) is 12.6. The summed E-state index contributed by atoms with van der Waals surface area (Å²) in [5, 5.41) is 3.45. The molecule has 4 heteroatoms. The molecule has 0 aromatic carbocycles. The maximum absolute atomic E-state index is 12.7. The summed E-state index contributed by atoms with van der Waals surface area (Å²) in [5.41, 5.74) is 0.0657. The normalized spacial score (nSPS) is 29.4. The van der Waals surface area contributed by atoms with Gasteiger partial charge in [-0.15, -0.1) is 12.4 Å². The summed E-state index contributed by atoms with van der Waals surface area (Å²) in [6.45, 7) is 10.6. The van der Waals surface area contributed by atoms with E-state index in [9.17, 15) is 4.79 Å². The van der Waals surface area contributed by atoms with E-state index >= 15 is 0 Å². The summed E-state index contributed by atoms with van der Waals surface area (Å²) in [7, 11) is 0. The van der Waals surface area contributed by atoms with Gasteiger partial charge in [0.2, 0.25) is 5.91 Å². The van der Waals surface area contributed by atoms with Crippen molar-refractivity contribution in [1.29, 1.82) is 0 Å². The molecule has 2 saturated heterocycles. The molecular formula is C14H27ClN2O. The van der Waals surface area contributed by atoms with Crippen LogP contribution in [-0.4, -0.2) is 36.0 Å². The average Bonchev–Trinajstić information content (AvgIpc) is 2.48. The minimum absolute atomic E-state index is 0. The second kappa shape index (κ2) is 5.79. The van der Waals surface area contributed by atoms with Gasteiger partial charge in [-0.2, -0.15) is 0 Å². The van der Waals surface area contributed by atoms with Crippen LogP contribution in [-0.2, 0) is 4.79 Å². The van der Waals surface area contributed by atoms with Gasteiger partial charge in [-0.1, -0.05) is 27.7 Å². The Morgan fingerprint density at radius 3 is 2.44 bits per heavy atom. The Morgan fingerprint density at radius 2 is 1.83 bits per heavy atom. The summed E-state index contributed by atoms with van der Waals surface area (Å²) in [6.07, 6.45) is 3.51. The maximum Gasteiger partial charge on any atom is 0.226 e. The lowest BCUT2D eigenvalue weighted by Crippen LogP contribution is -2.47. The lowest BCUT2D eigenvalue weighted by atomic mass is 9.81. The third kappa shape index (κ3) is 3.00. The second-order valence-corrected chi connectivity index (χ2v) is 6.71. The number of halogens is 1. The van der Waals surface area contributed by atoms with E-state index < -0.39 is 0 Å². The van der Waals surface area contributed by atoms with Crippen LogP contribution in [0.5, 0.6) is 0 Å². The molecule has 2 aliphatic rings. The smallest absolute Gasteiger partial charge is 0.226 e. The van der Waals surface area contributed by atoms with Crippen LogP contribution in [0.2, 0.25) is 0 Å². The summed E-state index contributed by atoms with van der Waals surface area (Å²) in [4.78, 5) is 14.9. The monoisotopic (exact) mass is 274 g/mol. The predicted octanol–water partition coefficient (Wildman–Crippen LogP) is 2.44. The van der Waals surface area contributed by atoms with Crippen LogP contribution in [0.1, 0.15) is 47.0 Å². The number of nitrogens with one attached hydrogen (secondary N) is 1. The Morgan fingerprint density at radius 1 is 1.22 bits per heavy atom. The summed E-state index contributed by atoms with van der Waals surface area (Å²) in [6, 6.07) is 0.937. The molecule has 0 radical (unpaired) electrons. The fourth-order valence-corrected chi connectivity index (χ4v) is 2.94. The first-order valence-corrected chi connectivity index (χ1v) is 6.94. The number of amides is 1. The Labute approximate surface area is 117 Å². The Bertz CT molecular complexity index is 287. The first-order chi connectivity index (χ1) is 7.91. The molecule has 2 bridgehead atoms. The molecule has 0 saturated carbocycles. The van der Waals surface area contributed by atoms with Gasteiger partial charge >= 0.3 is 0 Å². The van der Waals surface area contributed by atoms with Crippen LogP contribution in [0.4, 0.5) is 0 Å². The standard InChI is InChI=1S/C14H26N2O.ClH/c1-10(14(2,3)4)13(17)16-11-5-6-12(16)9-15-8-7-11;/h10-12,15H,5-9H2,1-4H3;1H. The number of carbonyl (C=O) groups excluding carboxylic acids is 1. The van der Waals surface area contributed by atoms with E-state index in [4.69, 9.17) is 0 Å². The van der Waals surface area contributed by atoms with E-state index in [-0.39, 0.29) is 23.7 Å². The molecule has 106 valence electrons. The van der Waals surface area contributed by atoms with Crippen LogP contribution >= 0.6 is 12.4 Å². The minimum atomic E-state index is 0. The average molecular weight is 275 g/mol. The molecule has 2 heterocycles. The zero-order valence-electron chi connectivity index (χ0n) is 12.0. The highest BCUT2D eigenvalue weighted by Gasteiger charge is 2.41. The largest absolute Gasteiger partial charge is 0.335 e. The number of nitrogens with zero attached hydrogens (tertiary/aromatic N) is 1. The number of hydrogen-bond acceptors (Lipinski definition) is 2. The van der Waals surface area contributed by atoms with Crippen molar-refractivity contribution in [3.63, 3.8) is 0 Å². The third-order valence-corrected chi connectivity index (χ3v) is 4.58. The third-order valence-electron chi connectivity index (χ3n) is 4.58. The fourth-order valence-electron chi connectivity index (χ4n) is 2.94. The van der Waals surface area contributed by atoms with Crippen molar-refractivity contribution in [3.05, 3.63) is 0 Å². The van der Waals surface area contributed by atoms with Crippen LogP contribution in [0, 0.1) is 11.3 Å². The number of fused-ring (bicyclic) bond motifs is 2. The van der Waals surface area contributed by atoms with E-state index in [0.29, 0.717) is 18.0 Å². The van der Waals surface area contributed by atoms with E-state index in [2.05, 4.69) is 37.9 Å². The SMILES string of the molecule is CC(C(=O)N1C2CCNCC1CC2)C(C)(C)C.Cl. The van der Waals surface area contributed by atoms with Gasteiger partial charge in [-0.05, 0) is 31.2 Å². The first-order valence-electron chi connectivity index (χ1n) is 6.94. The van der Waals surface area contributed by atoms with E-state index in [1.165, 1.54) is 12.8 Å². The quantitative estimate of drug-likeness (QED) is 0.797. The van der Waals surface area contributed by atoms with Crippen LogP contribution < -0.4 is 5.32 Å². The molecule has 3 unspecified atom stereocenters. The van der Waals surface area contributed by atoms with Crippen LogP contribution in [0.15, 0.2) is 0 Å². The van der Waals surface area contributed by atoms with Crippen molar-refractivity contribution in [2.45, 2.75) is 59.0 Å². The molecule has 0 aliphatic carbocycles. The Kier molecular flexibility index (Phi) is 5.07. The van der Waals surface area contributed by atoms with Gasteiger partial charge < -0.3 is 10.2 Å². The van der Waals surface area contributed by atoms with Gasteiger partial charge in [0.1, 0.15) is 0 Å². The van der Waals surface area contributed by atoms with Crippen molar-refractivity contribution < 1.29 is 4.79 Å². The summed E-state index contributed by atoms with van der Waals surface area (Å²) < 4.78 is 0. The highest BCUT2D eigenvalue weighted by Crippen LogP contribution is 2.34. The Balaban J connectivity index is 0.00000162. The highest BCUT2D eigenvalue weighted by molar-refractivity contribution is 5.85. The van der Waals surface area contributed by atoms with Crippen molar-refractivity contribution in [2.75, 3.05) is 13.1 Å². The molecule has 0 aromatic heterocycles. The van der Waals surface area contributed by atoms with Gasteiger partial charge in [-0.25, -0.2) is 0 Å². The number of rotatable bonds is 1. The van der Waals surface area contributed by atoms with E-state index in [0.717, 1.165) is 19.5 Å². The molecular weight excluding hydrogens is 248 g/mol. The minimum Gasteiger partial charge on any atom is -0.335 e. The highest BCUT2D eigenvalue weighted by atomic mass is 35.5. The Hall–Kier alpha value is -0.280. The molecule has 3 atom stereocenters. The van der Waals surface area contributed by atoms with Gasteiger partial charge in [0.05, 0.1) is 0 Å². The molecule has 0 aromatic rings. The van der Waals surface area contributed by atoms with Crippen molar-refractivity contribution in [2.24, 2.45) is 11.3 Å². The maximum atomic E-state index is 12.7. The first kappa shape index (κ1) is 15.8. The lowest BCUT2D eigenvalue weighted by molar-refractivity contribution is -0.141. The summed E-state index contributed by atoms with van der Waals surface area (Å²) in [5.74, 6) is 0.484. The zero-order valence-corrected chi connectivity index (χ0v) is 12.8. The molecule has 1 N–H and O–H groups in total. The molecule has 2 aliphatic heterocycles. The molecule has 2 rings (SSSR count). The van der Waals surface area contributed by atoms with Crippen molar-refractivity contribution >= 4 is 18.3 Å². The van der Waals surface area contributed by atoms with Gasteiger partial charge in [0.15, 0.2) is 0 Å². The molecule has 18 heavy (non-hydrogen) atoms. The van der Waals surface area contributed by atoms with E-state index in [1.807, 2.05) is 0 Å². The van der Waals surface area contributed by atoms with Crippen LogP contribution in [0.3, 0.4) is 0 Å². The molecule has 2 fully saturated rings. The molecule has 3 nitrogen and oxygen atoms in total. The summed E-state index contributed by atoms with van der Waals surface area (Å²) >= 11 is 0. The number of carbonyl (C=O) groups is 1. The van der Waals surface area contributed by atoms with Gasteiger partial charge in [-0.3, -0.25) is 4.79 Å². The van der Waals surface area contributed by atoms with E-state index in [1.54, 1.807) is 0 Å². The fraction of sp³-hybridized carbons (Fsp3) is 0.929. The van der Waals surface area contributed by atoms with Crippen molar-refractivity contribution in [1.82, 2.24) is 10.2 Å². The second-order valence-electron chi connectivity index (χ2n) is 6.71. The number of hydrogen-bond donors (Lipinski definition) is 1. The predicted molar refractivity (Wildman–Crippen MR) is 77.0 cm³/mol. The molecule has 1 amide bonds. The van der Waals surface area contributed by atoms with Crippen molar-refractivity contribution in [3.8, 4) is 0 Å². The van der Waals surface area contributed by atoms with Gasteiger partial charge in [0.25, 0.3) is 0 Å². The topological polar surface area (TPSA) is 32.3 Å². The molecule has 0 spiro atoms. The van der Waals surface area contributed by atoms with Crippen LogP contribution in [0.25, 0.3) is 0 Å². The van der Waals surface area contributed by atoms with Gasteiger partial charge in [0, 0.05) is 24.5 Å².